The number of esters is 2. The number of benzene rings is 2. The third-order valence-corrected chi connectivity index (χ3v) is 28.7. The van der Waals surface area contributed by atoms with Crippen LogP contribution in [0.15, 0.2) is 72.3 Å². The van der Waals surface area contributed by atoms with Gasteiger partial charge in [0.15, 0.2) is 47.2 Å². The van der Waals surface area contributed by atoms with Crippen LogP contribution in [0, 0.1) is 17.3 Å². The summed E-state index contributed by atoms with van der Waals surface area (Å²) in [6, 6.07) is 11.8. The fraction of sp³-hybridized carbons (Fsp3) is 0.644. The van der Waals surface area contributed by atoms with Crippen LogP contribution in [0.25, 0.3) is 33.2 Å². The van der Waals surface area contributed by atoms with E-state index >= 15 is 4.79 Å². The van der Waals surface area contributed by atoms with Crippen LogP contribution in [0.4, 0.5) is 40.8 Å². The number of piperidine rings is 1. The van der Waals surface area contributed by atoms with Gasteiger partial charge in [-0.15, -0.1) is 0 Å². The van der Waals surface area contributed by atoms with E-state index in [0.717, 1.165) is 66.0 Å². The SMILES string of the molecule is CC[C@]1(O)C[C@@H]2CN(CCc3c([nH]c4ccccc34)[C@@](C(=O)OC)(c3cc4c(cc3OC)N(C)[C@H]3[C@@](O)(C(=O)OC)[C@H](C)[C@]5(CC)C=CCN6CC[C@]43[C@@H]65)C2)C1.COC1OC(C)C(F)(F)C1O.COCC1OC(C)C(F)(F)C1O.COC[C@H]1O[C@@H](n2cnc3c(N)nc(Cl)nc32)C[C@@H]1O.CO[C@H]1O[C@@H](n2cnc3c(N)nc(Cl)nc32)C[C@@H]1O.C[C@H]1O[C@@H](n2cnc(N)nc2=O)C[C@@H]1O.O. The number of rotatable bonds is 15. The number of H-pyrrole nitrogens is 1. The Morgan fingerprint density at radius 2 is 1.25 bits per heavy atom. The highest BCUT2D eigenvalue weighted by Crippen LogP contribution is 2.69. The number of carbonyl (C=O) groups excluding carboxylic acids is 2. The number of aromatic nitrogens is 12. The Bertz CT molecular complexity index is 5590. The molecule has 2 aromatic carbocycles. The van der Waals surface area contributed by atoms with Crippen LogP contribution in [0.5, 0.6) is 5.75 Å². The Morgan fingerprint density at radius 3 is 1.79 bits per heavy atom. The first-order chi connectivity index (χ1) is 63.1. The number of likely N-dealkylation sites (N-methyl/N-ethyl adjacent to an activating group) is 1. The fourth-order valence-corrected chi connectivity index (χ4v) is 22.1. The molecule has 6 aromatic heterocycles. The lowest BCUT2D eigenvalue weighted by molar-refractivity contribution is -0.197. The lowest BCUT2D eigenvalue weighted by Crippen LogP contribution is -2.78. The molecule has 16 heterocycles. The minimum atomic E-state index is -3.21. The Labute approximate surface area is 778 Å². The van der Waals surface area contributed by atoms with E-state index in [-0.39, 0.29) is 76.6 Å². The molecule has 1 spiro atoms. The van der Waals surface area contributed by atoms with Crippen molar-refractivity contribution in [2.75, 3.05) is 125 Å². The van der Waals surface area contributed by atoms with Crippen molar-refractivity contribution in [3.63, 3.8) is 0 Å². The number of nitrogens with zero attached hydrogens (tertiary/aromatic N) is 14. The molecule has 10 aliphatic heterocycles. The van der Waals surface area contributed by atoms with E-state index in [9.17, 15) is 52.7 Å². The first kappa shape index (κ1) is 103. The van der Waals surface area contributed by atoms with Gasteiger partial charge in [0, 0.05) is 138 Å². The second-order valence-corrected chi connectivity index (χ2v) is 36.3. The van der Waals surface area contributed by atoms with Crippen LogP contribution in [-0.4, -0.2) is 333 Å². The second-order valence-electron chi connectivity index (χ2n) is 35.6. The number of nitrogens with two attached hydrogens (primary N) is 3. The summed E-state index contributed by atoms with van der Waals surface area (Å²) in [6.07, 6.45) is 0.834. The zero-order valence-electron chi connectivity index (χ0n) is 76.6. The fourth-order valence-electron chi connectivity index (χ4n) is 21.7. The van der Waals surface area contributed by atoms with E-state index in [1.54, 1.807) is 36.6 Å². The van der Waals surface area contributed by atoms with Crippen LogP contribution in [0.1, 0.15) is 134 Å². The maximum absolute atomic E-state index is 15.3. The van der Waals surface area contributed by atoms with E-state index in [4.69, 9.17) is 93.2 Å². The number of hydrogen-bond acceptors (Lipinski definition) is 36. The van der Waals surface area contributed by atoms with Gasteiger partial charge in [-0.2, -0.15) is 24.9 Å². The smallest absolute Gasteiger partial charge is 0.354 e. The van der Waals surface area contributed by atoms with Gasteiger partial charge in [0.05, 0.1) is 77.2 Å². The second kappa shape index (κ2) is 40.3. The van der Waals surface area contributed by atoms with Crippen molar-refractivity contribution in [3.05, 3.63) is 111 Å². The van der Waals surface area contributed by atoms with E-state index in [2.05, 4.69) is 111 Å². The molecule has 0 amide bonds. The van der Waals surface area contributed by atoms with E-state index in [1.807, 2.05) is 39.1 Å². The van der Waals surface area contributed by atoms with Gasteiger partial charge in [0.1, 0.15) is 83.8 Å². The summed E-state index contributed by atoms with van der Waals surface area (Å²) in [5, 5.41) is 73.4. The minimum Gasteiger partial charge on any atom is -0.496 e. The number of aliphatic hydroxyl groups excluding tert-OH is 5. The predicted octanol–water partition coefficient (Wildman–Crippen LogP) is 4.22. The molecule has 134 heavy (non-hydrogen) atoms. The van der Waals surface area contributed by atoms with Gasteiger partial charge < -0.3 is 125 Å². The number of ether oxygens (including phenoxy) is 12. The number of aromatic amines is 1. The molecule has 2 bridgehead atoms. The number of aliphatic hydroxyl groups is 7. The van der Waals surface area contributed by atoms with Crippen LogP contribution >= 0.6 is 23.2 Å². The molecular formula is C87H120Cl2F4N18O23. The molecule has 1 saturated carbocycles. The number of halogens is 6. The summed E-state index contributed by atoms with van der Waals surface area (Å²) in [4.78, 5) is 83.1. The highest BCUT2D eigenvalue weighted by Gasteiger charge is 2.78. The number of nitrogens with one attached hydrogen (secondary N) is 1. The van der Waals surface area contributed by atoms with Crippen LogP contribution in [0.3, 0.4) is 0 Å². The van der Waals surface area contributed by atoms with Gasteiger partial charge in [-0.1, -0.05) is 51.1 Å². The molecule has 41 nitrogen and oxygen atoms in total. The average molecular weight is 1930 g/mol. The number of methoxy groups -OCH3 is 7. The Kier molecular flexibility index (Phi) is 30.8. The molecule has 11 aliphatic rings. The highest BCUT2D eigenvalue weighted by molar-refractivity contribution is 6.29. The quantitative estimate of drug-likeness (QED) is 0.0296. The van der Waals surface area contributed by atoms with Gasteiger partial charge >= 0.3 is 29.5 Å². The van der Waals surface area contributed by atoms with Crippen molar-refractivity contribution in [2.24, 2.45) is 17.3 Å². The number of para-hydroxylation sites is 1. The van der Waals surface area contributed by atoms with Gasteiger partial charge in [0.2, 0.25) is 16.5 Å². The van der Waals surface area contributed by atoms with Crippen LogP contribution < -0.4 is 32.5 Å². The molecule has 0 radical (unpaired) electrons. The first-order valence-electron chi connectivity index (χ1n) is 43.9. The molecule has 7 saturated heterocycles. The number of imidazole rings is 2. The normalized spacial score (nSPS) is 34.4. The average Bonchev–Trinajstić information content (AvgIpc) is 1.47. The molecular weight excluding hydrogens is 1810 g/mol. The zero-order chi connectivity index (χ0) is 96.4. The number of nitrogen functional groups attached to an aromatic ring is 3. The highest BCUT2D eigenvalue weighted by atomic mass is 35.5. The number of anilines is 4. The monoisotopic (exact) mass is 1930 g/mol. The first-order valence-corrected chi connectivity index (χ1v) is 44.7. The number of fused-ring (bicyclic) bond motifs is 8. The number of carbonyl (C=O) groups is 2. The molecule has 1 aliphatic carbocycles. The summed E-state index contributed by atoms with van der Waals surface area (Å²) in [5.74, 6) is -7.00. The summed E-state index contributed by atoms with van der Waals surface area (Å²) < 4.78 is 119. The Hall–Kier alpha value is -8.89. The predicted molar refractivity (Wildman–Crippen MR) is 475 cm³/mol. The topological polar surface area (TPSA) is 557 Å². The Balaban J connectivity index is 0.000000158. The third-order valence-electron chi connectivity index (χ3n) is 28.3. The van der Waals surface area contributed by atoms with Crippen LogP contribution in [-0.2, 0) is 78.9 Å². The molecule has 16 N–H and O–H groups in total. The third kappa shape index (κ3) is 18.1. The molecule has 25 atom stereocenters. The summed E-state index contributed by atoms with van der Waals surface area (Å²) >= 11 is 11.6. The number of hydrogen-bond donors (Lipinski definition) is 11. The molecule has 8 fully saturated rings. The van der Waals surface area contributed by atoms with Crippen molar-refractivity contribution in [2.45, 2.75) is 238 Å². The summed E-state index contributed by atoms with van der Waals surface area (Å²) in [7, 11) is 12.1. The zero-order valence-corrected chi connectivity index (χ0v) is 78.2. The minimum absolute atomic E-state index is 0. The molecule has 738 valence electrons. The largest absolute Gasteiger partial charge is 0.496 e. The van der Waals surface area contributed by atoms with Gasteiger partial charge in [0.25, 0.3) is 0 Å². The summed E-state index contributed by atoms with van der Waals surface area (Å²) in [5.41, 5.74) is 18.1. The standard InChI is InChI=1S/C45H58N4O7.C11H14ClN5O3.C10H12ClN5O3.C8H12N4O3.C7H12F2O3.C6H10F2O3.H2O/c1-8-41(52)23-28-24-44(39(50)55-6,36-30(15-19-48(25-28)26-41)29-13-10-11-14-33(29)46-36)32-21-31-34(22-35(32)54-5)47(4)38-43(31)17-20-49-18-12-16-42(9-2,37(43)49)27(3)45(38,53)40(51)56-7;1-19-3-6-5(18)2-7(20-6)17-4-14-8-9(13)15-11(12)16-10(8)17;1-18-9-4(17)2-5(19-9)16-3-13-6-7(12)14-10(11)15-8(6)16;1-4-5(13)2-6(15-4)12-3-10-7(9)11-8(12)14;1-4-7(8,9)6(10)5(12-4)3-11-2;1-3-6(7,8)4(9)5(10-2)11-3;/h10-14,16,21-22,27-28,37-38,46,52-53H,8-9,15,17-20,23-26H2,1-7H3;4-7,18H,2-3H2,1H3,(H2,13,15,16);3-5,9,17H,2H2,1H3,(H2,12,14,15);3-6,13H,2H2,1H3,(H2,9,11,14);4-6,10H,3H2,1-2H3;3-5,9H,1-2H3;1H2/t27-,28+,37+,38-,41+,42+,43-,44+,45-;5-,6+,7+;4-,5+,9-;4-,5+,6-;;;/m1001.../s1. The van der Waals surface area contributed by atoms with Gasteiger partial charge in [-0.25, -0.2) is 42.1 Å². The number of alkyl halides is 4. The van der Waals surface area contributed by atoms with E-state index in [1.165, 1.54) is 66.6 Å². The van der Waals surface area contributed by atoms with Crippen molar-refractivity contribution in [1.82, 2.24) is 68.4 Å². The van der Waals surface area contributed by atoms with E-state index < -0.39 is 137 Å². The molecule has 19 rings (SSSR count). The maximum Gasteiger partial charge on any atom is 0.354 e. The van der Waals surface area contributed by atoms with Gasteiger partial charge in [-0.3, -0.25) is 28.3 Å². The van der Waals surface area contributed by atoms with Crippen molar-refractivity contribution in [1.29, 1.82) is 0 Å². The lowest BCUT2D eigenvalue weighted by Gasteiger charge is -2.64. The molecule has 47 heteroatoms. The van der Waals surface area contributed by atoms with Crippen molar-refractivity contribution >= 4 is 91.6 Å². The van der Waals surface area contributed by atoms with E-state index in [0.29, 0.717) is 98.2 Å². The van der Waals surface area contributed by atoms with Gasteiger partial charge in [-0.05, 0) is 118 Å². The lowest BCUT2D eigenvalue weighted by atomic mass is 9.45. The summed E-state index contributed by atoms with van der Waals surface area (Å²) in [6.45, 7) is 14.4. The molecule has 7 unspecified atom stereocenters. The Morgan fingerprint density at radius 1 is 0.657 bits per heavy atom. The van der Waals surface area contributed by atoms with Crippen molar-refractivity contribution in [3.8, 4) is 5.75 Å². The molecule has 8 aromatic rings. The van der Waals surface area contributed by atoms with Crippen LogP contribution in [0.2, 0.25) is 10.6 Å². The maximum atomic E-state index is 15.3. The van der Waals surface area contributed by atoms with Crippen molar-refractivity contribution < 1.29 is 125 Å².